The Morgan fingerprint density at radius 1 is 1.44 bits per heavy atom. The van der Waals surface area contributed by atoms with Gasteiger partial charge in [0.05, 0.1) is 0 Å². The molecule has 1 atom stereocenters. The SMILES string of the molecule is CC(C(=O)OC(=O)C(F)(F)F)N1CC(N)C1. The summed E-state index contributed by atoms with van der Waals surface area (Å²) in [7, 11) is 0. The first kappa shape index (κ1) is 12.9. The first-order chi connectivity index (χ1) is 7.21. The molecule has 0 radical (unpaired) electrons. The third-order valence-electron chi connectivity index (χ3n) is 2.25. The van der Waals surface area contributed by atoms with Gasteiger partial charge in [-0.1, -0.05) is 0 Å². The minimum atomic E-state index is -5.15. The van der Waals surface area contributed by atoms with Crippen molar-refractivity contribution in [1.29, 1.82) is 0 Å². The minimum Gasteiger partial charge on any atom is -0.385 e. The molecule has 1 heterocycles. The Bertz CT molecular complexity index is 299. The van der Waals surface area contributed by atoms with Crippen molar-refractivity contribution < 1.29 is 27.5 Å². The highest BCUT2D eigenvalue weighted by molar-refractivity contribution is 5.90. The van der Waals surface area contributed by atoms with Crippen molar-refractivity contribution in [3.05, 3.63) is 0 Å². The average molecular weight is 240 g/mol. The maximum absolute atomic E-state index is 11.8. The number of carbonyl (C=O) groups excluding carboxylic acids is 2. The van der Waals surface area contributed by atoms with Gasteiger partial charge in [-0.3, -0.25) is 4.90 Å². The molecule has 1 aliphatic heterocycles. The van der Waals surface area contributed by atoms with Crippen molar-refractivity contribution in [3.63, 3.8) is 0 Å². The van der Waals surface area contributed by atoms with Crippen LogP contribution in [0.5, 0.6) is 0 Å². The summed E-state index contributed by atoms with van der Waals surface area (Å²) in [5.41, 5.74) is 5.44. The number of hydrogen-bond donors (Lipinski definition) is 1. The molecule has 1 rings (SSSR count). The van der Waals surface area contributed by atoms with E-state index in [0.717, 1.165) is 0 Å². The Kier molecular flexibility index (Phi) is 3.54. The van der Waals surface area contributed by atoms with Gasteiger partial charge in [-0.05, 0) is 6.92 Å². The summed E-state index contributed by atoms with van der Waals surface area (Å²) in [6.45, 7) is 2.16. The van der Waals surface area contributed by atoms with Gasteiger partial charge in [0.1, 0.15) is 6.04 Å². The molecule has 0 amide bonds. The van der Waals surface area contributed by atoms with Crippen LogP contribution in [0.25, 0.3) is 0 Å². The summed E-state index contributed by atoms with van der Waals surface area (Å²) in [4.78, 5) is 23.0. The van der Waals surface area contributed by atoms with Crippen LogP contribution in [-0.4, -0.2) is 48.2 Å². The van der Waals surface area contributed by atoms with Gasteiger partial charge in [0.25, 0.3) is 0 Å². The van der Waals surface area contributed by atoms with E-state index in [1.54, 1.807) is 0 Å². The second-order valence-electron chi connectivity index (χ2n) is 3.60. The highest BCUT2D eigenvalue weighted by Gasteiger charge is 2.44. The molecule has 92 valence electrons. The molecule has 8 heteroatoms. The third kappa shape index (κ3) is 2.92. The van der Waals surface area contributed by atoms with Crippen LogP contribution in [0.4, 0.5) is 13.2 Å². The summed E-state index contributed by atoms with van der Waals surface area (Å²) < 4.78 is 39.0. The molecule has 0 aromatic carbocycles. The fraction of sp³-hybridized carbons (Fsp3) is 0.750. The van der Waals surface area contributed by atoms with Crippen molar-refractivity contribution in [2.45, 2.75) is 25.2 Å². The molecule has 16 heavy (non-hydrogen) atoms. The van der Waals surface area contributed by atoms with Crippen molar-refractivity contribution in [3.8, 4) is 0 Å². The number of nitrogens with zero attached hydrogens (tertiary/aromatic N) is 1. The zero-order valence-corrected chi connectivity index (χ0v) is 8.45. The number of nitrogens with two attached hydrogens (primary N) is 1. The number of halogens is 3. The molecule has 0 bridgehead atoms. The Hall–Kier alpha value is -1.15. The van der Waals surface area contributed by atoms with Gasteiger partial charge < -0.3 is 10.5 Å². The normalized spacial score (nSPS) is 20.1. The highest BCUT2D eigenvalue weighted by Crippen LogP contribution is 2.18. The van der Waals surface area contributed by atoms with E-state index >= 15 is 0 Å². The maximum atomic E-state index is 11.8. The van der Waals surface area contributed by atoms with Crippen LogP contribution in [0.15, 0.2) is 0 Å². The quantitative estimate of drug-likeness (QED) is 0.527. The molecule has 1 aliphatic rings. The molecule has 1 fully saturated rings. The lowest BCUT2D eigenvalue weighted by Gasteiger charge is -2.39. The van der Waals surface area contributed by atoms with Gasteiger partial charge in [-0.2, -0.15) is 13.2 Å². The summed E-state index contributed by atoms with van der Waals surface area (Å²) in [6, 6.07) is -0.986. The van der Waals surface area contributed by atoms with E-state index in [-0.39, 0.29) is 6.04 Å². The van der Waals surface area contributed by atoms with Crippen LogP contribution >= 0.6 is 0 Å². The number of hydrogen-bond acceptors (Lipinski definition) is 5. The van der Waals surface area contributed by atoms with Crippen molar-refractivity contribution in [2.75, 3.05) is 13.1 Å². The monoisotopic (exact) mass is 240 g/mol. The molecule has 1 unspecified atom stereocenters. The van der Waals surface area contributed by atoms with Crippen LogP contribution < -0.4 is 5.73 Å². The van der Waals surface area contributed by atoms with Crippen LogP contribution in [0.3, 0.4) is 0 Å². The van der Waals surface area contributed by atoms with E-state index in [1.165, 1.54) is 11.8 Å². The number of carbonyl (C=O) groups is 2. The van der Waals surface area contributed by atoms with E-state index in [4.69, 9.17) is 5.73 Å². The lowest BCUT2D eigenvalue weighted by molar-refractivity contribution is -0.203. The minimum absolute atomic E-state index is 0.0893. The fourth-order valence-electron chi connectivity index (χ4n) is 1.25. The standard InChI is InChI=1S/C8H11F3N2O3/c1-4(13-2-5(12)3-13)6(14)16-7(15)8(9,10)11/h4-5H,2-3,12H2,1H3. The molecule has 1 saturated heterocycles. The van der Waals surface area contributed by atoms with E-state index in [9.17, 15) is 22.8 Å². The van der Waals surface area contributed by atoms with Crippen LogP contribution in [-0.2, 0) is 14.3 Å². The van der Waals surface area contributed by atoms with E-state index in [0.29, 0.717) is 13.1 Å². The van der Waals surface area contributed by atoms with Gasteiger partial charge in [-0.15, -0.1) is 0 Å². The largest absolute Gasteiger partial charge is 0.491 e. The number of alkyl halides is 3. The second-order valence-corrected chi connectivity index (χ2v) is 3.60. The second kappa shape index (κ2) is 4.38. The Labute approximate surface area is 89.3 Å². The van der Waals surface area contributed by atoms with Crippen LogP contribution in [0, 0.1) is 0 Å². The van der Waals surface area contributed by atoms with Gasteiger partial charge in [0.2, 0.25) is 0 Å². The van der Waals surface area contributed by atoms with Crippen molar-refractivity contribution in [2.24, 2.45) is 5.73 Å². The summed E-state index contributed by atoms with van der Waals surface area (Å²) in [5, 5.41) is 0. The highest BCUT2D eigenvalue weighted by atomic mass is 19.4. The molecule has 0 saturated carbocycles. The Balaban J connectivity index is 2.44. The lowest BCUT2D eigenvalue weighted by atomic mass is 10.1. The Morgan fingerprint density at radius 2 is 1.94 bits per heavy atom. The van der Waals surface area contributed by atoms with E-state index < -0.39 is 24.2 Å². The molecular formula is C8H11F3N2O3. The van der Waals surface area contributed by atoms with Crippen molar-refractivity contribution >= 4 is 11.9 Å². The van der Waals surface area contributed by atoms with Crippen LogP contribution in [0.1, 0.15) is 6.92 Å². The molecule has 5 nitrogen and oxygen atoms in total. The van der Waals surface area contributed by atoms with Crippen molar-refractivity contribution in [1.82, 2.24) is 4.90 Å². The first-order valence-electron chi connectivity index (χ1n) is 4.54. The lowest BCUT2D eigenvalue weighted by Crippen LogP contribution is -2.60. The Morgan fingerprint density at radius 3 is 2.31 bits per heavy atom. The summed E-state index contributed by atoms with van der Waals surface area (Å²) in [5.74, 6) is -3.71. The maximum Gasteiger partial charge on any atom is 0.491 e. The number of ether oxygens (including phenoxy) is 1. The average Bonchev–Trinajstić information content (AvgIpc) is 2.10. The number of esters is 2. The zero-order chi connectivity index (χ0) is 12.5. The summed E-state index contributed by atoms with van der Waals surface area (Å²) in [6.07, 6.45) is -5.15. The third-order valence-corrected chi connectivity index (χ3v) is 2.25. The number of rotatable bonds is 2. The molecular weight excluding hydrogens is 229 g/mol. The fourth-order valence-corrected chi connectivity index (χ4v) is 1.25. The van der Waals surface area contributed by atoms with Gasteiger partial charge in [-0.25, -0.2) is 9.59 Å². The van der Waals surface area contributed by atoms with Crippen LogP contribution in [0.2, 0.25) is 0 Å². The number of likely N-dealkylation sites (tertiary alicyclic amines) is 1. The smallest absolute Gasteiger partial charge is 0.385 e. The zero-order valence-electron chi connectivity index (χ0n) is 8.45. The predicted octanol–water partition coefficient (Wildman–Crippen LogP) is -0.350. The van der Waals surface area contributed by atoms with E-state index in [2.05, 4.69) is 4.74 Å². The van der Waals surface area contributed by atoms with Gasteiger partial charge in [0.15, 0.2) is 0 Å². The van der Waals surface area contributed by atoms with Gasteiger partial charge in [0, 0.05) is 19.1 Å². The molecule has 0 aromatic rings. The predicted molar refractivity (Wildman–Crippen MR) is 46.2 cm³/mol. The topological polar surface area (TPSA) is 72.6 Å². The summed E-state index contributed by atoms with van der Waals surface area (Å²) >= 11 is 0. The van der Waals surface area contributed by atoms with Gasteiger partial charge >= 0.3 is 18.1 Å². The first-order valence-corrected chi connectivity index (χ1v) is 4.54. The molecule has 2 N–H and O–H groups in total. The molecule has 0 aromatic heterocycles. The molecule has 0 aliphatic carbocycles. The molecule has 0 spiro atoms. The van der Waals surface area contributed by atoms with E-state index in [1.807, 2.05) is 0 Å².